The van der Waals surface area contributed by atoms with Crippen LogP contribution in [0.4, 0.5) is 4.39 Å². The molecule has 1 rings (SSSR count). The van der Waals surface area contributed by atoms with Gasteiger partial charge in [-0.3, -0.25) is 0 Å². The van der Waals surface area contributed by atoms with Gasteiger partial charge >= 0.3 is 5.97 Å². The topological polar surface area (TPSA) is 66.8 Å². The zero-order valence-corrected chi connectivity index (χ0v) is 9.68. The third-order valence-corrected chi connectivity index (χ3v) is 2.15. The van der Waals surface area contributed by atoms with Crippen molar-refractivity contribution in [3.05, 3.63) is 29.6 Å². The third kappa shape index (κ3) is 4.03. The van der Waals surface area contributed by atoms with Crippen molar-refractivity contribution in [3.63, 3.8) is 0 Å². The molecular formula is C12H15FO4. The number of benzene rings is 1. The Hall–Kier alpha value is -1.62. The van der Waals surface area contributed by atoms with Crippen molar-refractivity contribution in [3.8, 4) is 5.75 Å². The number of hydrogen-bond acceptors (Lipinski definition) is 3. The number of aliphatic carboxylic acids is 1. The Balaban J connectivity index is 2.78. The van der Waals surface area contributed by atoms with Crippen LogP contribution in [0.3, 0.4) is 0 Å². The zero-order chi connectivity index (χ0) is 13.0. The molecule has 0 spiro atoms. The van der Waals surface area contributed by atoms with Gasteiger partial charge in [0, 0.05) is 6.42 Å². The highest BCUT2D eigenvalue weighted by atomic mass is 19.1. The first-order valence-corrected chi connectivity index (χ1v) is 5.25. The van der Waals surface area contributed by atoms with Crippen LogP contribution in [0.2, 0.25) is 0 Å². The molecule has 0 amide bonds. The molecule has 94 valence electrons. The molecule has 0 fully saturated rings. The Kier molecular flexibility index (Phi) is 4.45. The molecule has 1 atom stereocenters. The molecule has 0 saturated heterocycles. The number of carboxylic acids is 1. The van der Waals surface area contributed by atoms with E-state index in [0.29, 0.717) is 5.56 Å². The van der Waals surface area contributed by atoms with Gasteiger partial charge in [0.05, 0.1) is 6.10 Å². The number of rotatable bonds is 5. The molecule has 17 heavy (non-hydrogen) atoms. The number of phenolic OH excluding ortho intramolecular Hbond substituents is 1. The molecule has 0 radical (unpaired) electrons. The number of hydrogen-bond donors (Lipinski definition) is 2. The molecule has 1 unspecified atom stereocenters. The number of halogens is 1. The van der Waals surface area contributed by atoms with Gasteiger partial charge < -0.3 is 14.9 Å². The summed E-state index contributed by atoms with van der Waals surface area (Å²) in [4.78, 5) is 10.9. The van der Waals surface area contributed by atoms with E-state index in [0.717, 1.165) is 6.07 Å². The maximum atomic E-state index is 13.1. The van der Waals surface area contributed by atoms with Gasteiger partial charge in [-0.1, -0.05) is 6.07 Å². The van der Waals surface area contributed by atoms with Gasteiger partial charge in [-0.2, -0.15) is 0 Å². The third-order valence-electron chi connectivity index (χ3n) is 2.15. The van der Waals surface area contributed by atoms with Crippen LogP contribution in [0.15, 0.2) is 18.2 Å². The Morgan fingerprint density at radius 1 is 1.47 bits per heavy atom. The van der Waals surface area contributed by atoms with Gasteiger partial charge in [-0.25, -0.2) is 9.18 Å². The minimum absolute atomic E-state index is 0.0602. The van der Waals surface area contributed by atoms with E-state index in [1.54, 1.807) is 13.8 Å². The lowest BCUT2D eigenvalue weighted by Crippen LogP contribution is -2.29. The largest absolute Gasteiger partial charge is 0.505 e. The molecule has 2 N–H and O–H groups in total. The summed E-state index contributed by atoms with van der Waals surface area (Å²) in [6, 6.07) is 3.77. The van der Waals surface area contributed by atoms with Gasteiger partial charge in [0.25, 0.3) is 0 Å². The molecule has 4 nitrogen and oxygen atoms in total. The average molecular weight is 242 g/mol. The molecule has 0 heterocycles. The smallest absolute Gasteiger partial charge is 0.333 e. The second-order valence-corrected chi connectivity index (χ2v) is 4.00. The maximum absolute atomic E-state index is 13.1. The number of ether oxygens (including phenoxy) is 1. The number of carbonyl (C=O) groups is 1. The summed E-state index contributed by atoms with van der Waals surface area (Å²) in [5.74, 6) is -2.31. The van der Waals surface area contributed by atoms with Gasteiger partial charge in [0.15, 0.2) is 17.7 Å². The Labute approximate surface area is 98.7 Å². The summed E-state index contributed by atoms with van der Waals surface area (Å²) in [6.45, 7) is 3.46. The minimum atomic E-state index is -1.09. The molecule has 1 aromatic carbocycles. The first-order chi connectivity index (χ1) is 7.90. The fourth-order valence-corrected chi connectivity index (χ4v) is 1.41. The quantitative estimate of drug-likeness (QED) is 0.828. The number of carboxylic acid groups (broad SMARTS) is 1. The average Bonchev–Trinajstić information content (AvgIpc) is 2.21. The van der Waals surface area contributed by atoms with Crippen LogP contribution in [0.1, 0.15) is 19.4 Å². The van der Waals surface area contributed by atoms with Crippen LogP contribution >= 0.6 is 0 Å². The van der Waals surface area contributed by atoms with Crippen LogP contribution in [0.5, 0.6) is 5.75 Å². The lowest BCUT2D eigenvalue weighted by molar-refractivity contribution is -0.153. The number of aromatic hydroxyl groups is 1. The molecule has 0 aliphatic carbocycles. The van der Waals surface area contributed by atoms with Crippen molar-refractivity contribution in [2.24, 2.45) is 0 Å². The Bertz CT molecular complexity index is 403. The van der Waals surface area contributed by atoms with E-state index in [-0.39, 0.29) is 12.5 Å². The predicted octanol–water partition coefficient (Wildman–Crippen LogP) is 1.95. The summed E-state index contributed by atoms with van der Waals surface area (Å²) >= 11 is 0. The van der Waals surface area contributed by atoms with E-state index >= 15 is 0 Å². The SMILES string of the molecule is CC(C)OC(Cc1ccc(O)c(F)c1)C(=O)O. The van der Waals surface area contributed by atoms with E-state index in [2.05, 4.69) is 0 Å². The van der Waals surface area contributed by atoms with Crippen molar-refractivity contribution in [1.29, 1.82) is 0 Å². The zero-order valence-electron chi connectivity index (χ0n) is 9.68. The van der Waals surface area contributed by atoms with E-state index in [9.17, 15) is 9.18 Å². The lowest BCUT2D eigenvalue weighted by atomic mass is 10.1. The first-order valence-electron chi connectivity index (χ1n) is 5.25. The van der Waals surface area contributed by atoms with Crippen LogP contribution in [0.25, 0.3) is 0 Å². The van der Waals surface area contributed by atoms with Crippen molar-refractivity contribution in [2.75, 3.05) is 0 Å². The standard InChI is InChI=1S/C12H15FO4/c1-7(2)17-11(12(15)16)6-8-3-4-10(14)9(13)5-8/h3-5,7,11,14H,6H2,1-2H3,(H,15,16). The molecule has 0 aliphatic rings. The molecule has 5 heteroatoms. The Morgan fingerprint density at radius 2 is 2.12 bits per heavy atom. The molecule has 0 saturated carbocycles. The van der Waals surface area contributed by atoms with Crippen molar-refractivity contribution >= 4 is 5.97 Å². The van der Waals surface area contributed by atoms with Crippen LogP contribution < -0.4 is 0 Å². The van der Waals surface area contributed by atoms with E-state index in [4.69, 9.17) is 14.9 Å². The molecule has 0 aromatic heterocycles. The summed E-state index contributed by atoms with van der Waals surface area (Å²) in [5, 5.41) is 17.9. The highest BCUT2D eigenvalue weighted by molar-refractivity contribution is 5.72. The first kappa shape index (κ1) is 13.4. The van der Waals surface area contributed by atoms with Crippen LogP contribution in [-0.2, 0) is 16.0 Å². The van der Waals surface area contributed by atoms with Gasteiger partial charge in [-0.05, 0) is 31.5 Å². The highest BCUT2D eigenvalue weighted by Gasteiger charge is 2.20. The summed E-state index contributed by atoms with van der Waals surface area (Å²) in [7, 11) is 0. The predicted molar refractivity (Wildman–Crippen MR) is 59.4 cm³/mol. The Morgan fingerprint density at radius 3 is 2.59 bits per heavy atom. The molecular weight excluding hydrogens is 227 g/mol. The molecule has 0 aliphatic heterocycles. The molecule has 0 bridgehead atoms. The monoisotopic (exact) mass is 242 g/mol. The van der Waals surface area contributed by atoms with E-state index in [1.807, 2.05) is 0 Å². The van der Waals surface area contributed by atoms with Crippen LogP contribution in [-0.4, -0.2) is 28.4 Å². The lowest BCUT2D eigenvalue weighted by Gasteiger charge is -2.16. The fraction of sp³-hybridized carbons (Fsp3) is 0.417. The van der Waals surface area contributed by atoms with Crippen molar-refractivity contribution in [1.82, 2.24) is 0 Å². The summed E-state index contributed by atoms with van der Waals surface area (Å²) in [6.07, 6.45) is -1.18. The second kappa shape index (κ2) is 5.63. The van der Waals surface area contributed by atoms with Gasteiger partial charge in [-0.15, -0.1) is 0 Å². The van der Waals surface area contributed by atoms with Crippen molar-refractivity contribution in [2.45, 2.75) is 32.5 Å². The fourth-order valence-electron chi connectivity index (χ4n) is 1.41. The summed E-state index contributed by atoms with van der Waals surface area (Å²) in [5.41, 5.74) is 0.466. The second-order valence-electron chi connectivity index (χ2n) is 4.00. The normalized spacial score (nSPS) is 12.7. The highest BCUT2D eigenvalue weighted by Crippen LogP contribution is 2.18. The van der Waals surface area contributed by atoms with E-state index < -0.39 is 23.6 Å². The summed E-state index contributed by atoms with van der Waals surface area (Å²) < 4.78 is 18.3. The van der Waals surface area contributed by atoms with Gasteiger partial charge in [0.2, 0.25) is 0 Å². The molecule has 1 aromatic rings. The van der Waals surface area contributed by atoms with Gasteiger partial charge in [0.1, 0.15) is 0 Å². The van der Waals surface area contributed by atoms with E-state index in [1.165, 1.54) is 12.1 Å². The van der Waals surface area contributed by atoms with Crippen molar-refractivity contribution < 1.29 is 24.1 Å². The maximum Gasteiger partial charge on any atom is 0.333 e. The number of phenols is 1. The minimum Gasteiger partial charge on any atom is -0.505 e. The van der Waals surface area contributed by atoms with Crippen LogP contribution in [0, 0.1) is 5.82 Å².